The van der Waals surface area contributed by atoms with Crippen molar-refractivity contribution in [2.75, 3.05) is 23.7 Å². The first-order valence-electron chi connectivity index (χ1n) is 6.38. The molecule has 2 heterocycles. The molecule has 0 amide bonds. The van der Waals surface area contributed by atoms with E-state index < -0.39 is 0 Å². The summed E-state index contributed by atoms with van der Waals surface area (Å²) in [6.07, 6.45) is 3.62. The van der Waals surface area contributed by atoms with Crippen molar-refractivity contribution in [3.8, 4) is 11.5 Å². The number of nitrogen functional groups attached to an aromatic ring is 1. The Balaban J connectivity index is 1.87. The molecule has 6 heteroatoms. The number of benzene rings is 1. The van der Waals surface area contributed by atoms with E-state index in [1.165, 1.54) is 19.3 Å². The molecule has 1 fully saturated rings. The van der Waals surface area contributed by atoms with Gasteiger partial charge in [-0.15, -0.1) is 0 Å². The molecule has 1 aromatic carbocycles. The van der Waals surface area contributed by atoms with E-state index in [0.717, 1.165) is 13.1 Å². The second kappa shape index (κ2) is 5.09. The predicted molar refractivity (Wildman–Crippen MR) is 75.2 cm³/mol. The van der Waals surface area contributed by atoms with Crippen LogP contribution in [0.5, 0.6) is 0 Å². The van der Waals surface area contributed by atoms with Crippen LogP contribution < -0.4 is 10.6 Å². The van der Waals surface area contributed by atoms with Gasteiger partial charge in [0.15, 0.2) is 0 Å². The van der Waals surface area contributed by atoms with Gasteiger partial charge in [-0.05, 0) is 42.6 Å². The number of nitrogens with zero attached hydrogens (tertiary/aromatic N) is 3. The molecule has 0 bridgehead atoms. The predicted octanol–water partition coefficient (Wildman–Crippen LogP) is 2.96. The Labute approximate surface area is 116 Å². The van der Waals surface area contributed by atoms with E-state index in [1.54, 1.807) is 18.2 Å². The minimum atomic E-state index is 0.436. The summed E-state index contributed by atoms with van der Waals surface area (Å²) < 4.78 is 5.30. The molecular formula is C13H15ClN4O. The smallest absolute Gasteiger partial charge is 0.266 e. The molecular weight excluding hydrogens is 264 g/mol. The summed E-state index contributed by atoms with van der Waals surface area (Å²) in [4.78, 5) is 6.56. The molecule has 0 atom stereocenters. The molecule has 0 saturated carbocycles. The summed E-state index contributed by atoms with van der Waals surface area (Å²) in [5.41, 5.74) is 7.00. The van der Waals surface area contributed by atoms with Crippen LogP contribution in [0.25, 0.3) is 11.5 Å². The SMILES string of the molecule is Nc1ccc(-c2nc(N3CCCCC3)no2)c(Cl)c1. The van der Waals surface area contributed by atoms with Crippen LogP contribution in [0.4, 0.5) is 11.6 Å². The monoisotopic (exact) mass is 278 g/mol. The number of hydrogen-bond donors (Lipinski definition) is 1. The maximum atomic E-state index is 6.14. The first kappa shape index (κ1) is 12.3. The zero-order valence-electron chi connectivity index (χ0n) is 10.5. The summed E-state index contributed by atoms with van der Waals surface area (Å²) in [7, 11) is 0. The van der Waals surface area contributed by atoms with Gasteiger partial charge in [-0.2, -0.15) is 4.98 Å². The molecule has 19 heavy (non-hydrogen) atoms. The summed E-state index contributed by atoms with van der Waals surface area (Å²) in [6, 6.07) is 5.25. The lowest BCUT2D eigenvalue weighted by Gasteiger charge is -2.24. The molecule has 100 valence electrons. The fourth-order valence-corrected chi connectivity index (χ4v) is 2.52. The van der Waals surface area contributed by atoms with Gasteiger partial charge in [0, 0.05) is 18.8 Å². The van der Waals surface area contributed by atoms with E-state index in [2.05, 4.69) is 15.0 Å². The molecule has 2 N–H and O–H groups in total. The van der Waals surface area contributed by atoms with Crippen molar-refractivity contribution in [3.63, 3.8) is 0 Å². The van der Waals surface area contributed by atoms with E-state index in [0.29, 0.717) is 28.1 Å². The molecule has 0 radical (unpaired) electrons. The van der Waals surface area contributed by atoms with Crippen molar-refractivity contribution in [1.82, 2.24) is 10.1 Å². The van der Waals surface area contributed by atoms with Crippen LogP contribution in [-0.2, 0) is 0 Å². The Morgan fingerprint density at radius 1 is 1.21 bits per heavy atom. The number of aromatic nitrogens is 2. The maximum absolute atomic E-state index is 6.14. The molecule has 5 nitrogen and oxygen atoms in total. The van der Waals surface area contributed by atoms with E-state index in [4.69, 9.17) is 21.9 Å². The summed E-state index contributed by atoms with van der Waals surface area (Å²) in [5.74, 6) is 1.08. The lowest BCUT2D eigenvalue weighted by Crippen LogP contribution is -2.30. The summed E-state index contributed by atoms with van der Waals surface area (Å²) >= 11 is 6.14. The Kier molecular flexibility index (Phi) is 3.29. The number of hydrogen-bond acceptors (Lipinski definition) is 5. The van der Waals surface area contributed by atoms with Gasteiger partial charge in [0.25, 0.3) is 11.8 Å². The maximum Gasteiger partial charge on any atom is 0.266 e. The fourth-order valence-electron chi connectivity index (χ4n) is 2.25. The average Bonchev–Trinajstić information content (AvgIpc) is 2.89. The van der Waals surface area contributed by atoms with Crippen LogP contribution in [0.1, 0.15) is 19.3 Å². The molecule has 0 spiro atoms. The Bertz CT molecular complexity index is 578. The standard InChI is InChI=1S/C13H15ClN4O/c14-11-8-9(15)4-5-10(11)12-16-13(17-19-12)18-6-2-1-3-7-18/h4-5,8H,1-3,6-7,15H2. The van der Waals surface area contributed by atoms with E-state index in [9.17, 15) is 0 Å². The molecule has 1 aliphatic rings. The minimum absolute atomic E-state index is 0.436. The molecule has 2 aromatic rings. The number of nitrogens with two attached hydrogens (primary N) is 1. The second-order valence-corrected chi connectivity index (χ2v) is 5.09. The Hall–Kier alpha value is -1.75. The van der Waals surface area contributed by atoms with Crippen molar-refractivity contribution in [2.24, 2.45) is 0 Å². The molecule has 1 aliphatic heterocycles. The van der Waals surface area contributed by atoms with Crippen LogP contribution in [0.3, 0.4) is 0 Å². The summed E-state index contributed by atoms with van der Waals surface area (Å²) in [5, 5.41) is 4.55. The first-order valence-corrected chi connectivity index (χ1v) is 6.76. The van der Waals surface area contributed by atoms with Crippen molar-refractivity contribution in [2.45, 2.75) is 19.3 Å². The largest absolute Gasteiger partial charge is 0.399 e. The van der Waals surface area contributed by atoms with Crippen LogP contribution in [0.2, 0.25) is 5.02 Å². The number of rotatable bonds is 2. The second-order valence-electron chi connectivity index (χ2n) is 4.69. The Morgan fingerprint density at radius 3 is 2.74 bits per heavy atom. The summed E-state index contributed by atoms with van der Waals surface area (Å²) in [6.45, 7) is 1.96. The zero-order valence-corrected chi connectivity index (χ0v) is 11.2. The number of anilines is 2. The van der Waals surface area contributed by atoms with Gasteiger partial charge < -0.3 is 15.2 Å². The van der Waals surface area contributed by atoms with Gasteiger partial charge in [-0.3, -0.25) is 0 Å². The van der Waals surface area contributed by atoms with E-state index in [1.807, 2.05) is 0 Å². The van der Waals surface area contributed by atoms with Crippen LogP contribution in [0, 0.1) is 0 Å². The zero-order chi connectivity index (χ0) is 13.2. The van der Waals surface area contributed by atoms with E-state index >= 15 is 0 Å². The van der Waals surface area contributed by atoms with Crippen molar-refractivity contribution in [1.29, 1.82) is 0 Å². The highest BCUT2D eigenvalue weighted by Gasteiger charge is 2.18. The quantitative estimate of drug-likeness (QED) is 0.856. The van der Waals surface area contributed by atoms with Crippen LogP contribution in [0.15, 0.2) is 22.7 Å². The van der Waals surface area contributed by atoms with Gasteiger partial charge in [0.1, 0.15) is 0 Å². The molecule has 1 saturated heterocycles. The molecule has 1 aromatic heterocycles. The highest BCUT2D eigenvalue weighted by Crippen LogP contribution is 2.29. The van der Waals surface area contributed by atoms with E-state index in [-0.39, 0.29) is 0 Å². The Morgan fingerprint density at radius 2 is 2.00 bits per heavy atom. The van der Waals surface area contributed by atoms with Crippen LogP contribution in [-0.4, -0.2) is 23.2 Å². The lowest BCUT2D eigenvalue weighted by atomic mass is 10.1. The highest BCUT2D eigenvalue weighted by molar-refractivity contribution is 6.33. The van der Waals surface area contributed by atoms with Gasteiger partial charge in [-0.25, -0.2) is 0 Å². The van der Waals surface area contributed by atoms with Crippen LogP contribution >= 0.6 is 11.6 Å². The lowest BCUT2D eigenvalue weighted by molar-refractivity contribution is 0.426. The van der Waals surface area contributed by atoms with Crippen molar-refractivity contribution >= 4 is 23.2 Å². The molecule has 3 rings (SSSR count). The molecule has 0 unspecified atom stereocenters. The van der Waals surface area contributed by atoms with Gasteiger partial charge >= 0.3 is 0 Å². The topological polar surface area (TPSA) is 68.2 Å². The molecule has 0 aliphatic carbocycles. The fraction of sp³-hybridized carbons (Fsp3) is 0.385. The van der Waals surface area contributed by atoms with Gasteiger partial charge in [0.05, 0.1) is 10.6 Å². The van der Waals surface area contributed by atoms with Crippen molar-refractivity contribution < 1.29 is 4.52 Å². The number of piperidine rings is 1. The first-order chi connectivity index (χ1) is 9.24. The van der Waals surface area contributed by atoms with Crippen molar-refractivity contribution in [3.05, 3.63) is 23.2 Å². The third-order valence-corrected chi connectivity index (χ3v) is 3.59. The van der Waals surface area contributed by atoms with Gasteiger partial charge in [0.2, 0.25) is 0 Å². The third-order valence-electron chi connectivity index (χ3n) is 3.28. The average molecular weight is 279 g/mol. The third kappa shape index (κ3) is 2.51. The van der Waals surface area contributed by atoms with Gasteiger partial charge in [-0.1, -0.05) is 11.6 Å². The highest BCUT2D eigenvalue weighted by atomic mass is 35.5. The number of halogens is 1. The normalized spacial score (nSPS) is 15.7. The minimum Gasteiger partial charge on any atom is -0.399 e.